The van der Waals surface area contributed by atoms with E-state index in [1.54, 1.807) is 6.92 Å². The Kier molecular flexibility index (Phi) is 3.51. The lowest BCUT2D eigenvalue weighted by atomic mass is 9.75. The molecule has 0 aromatic heterocycles. The van der Waals surface area contributed by atoms with E-state index >= 15 is 0 Å². The maximum absolute atomic E-state index is 11.8. The number of hydrogen-bond donors (Lipinski definition) is 0. The second-order valence-electron chi connectivity index (χ2n) is 7.45. The topological polar surface area (TPSA) is 34.1 Å². The van der Waals surface area contributed by atoms with Crippen molar-refractivity contribution in [3.05, 3.63) is 70.3 Å². The van der Waals surface area contributed by atoms with Gasteiger partial charge in [-0.3, -0.25) is 9.59 Å². The lowest BCUT2D eigenvalue weighted by molar-refractivity contribution is 0.101. The van der Waals surface area contributed by atoms with Crippen molar-refractivity contribution in [3.63, 3.8) is 0 Å². The highest BCUT2D eigenvalue weighted by Gasteiger charge is 2.45. The molecule has 2 heteroatoms. The summed E-state index contributed by atoms with van der Waals surface area (Å²) in [6, 6.07) is 13.9. The van der Waals surface area contributed by atoms with E-state index in [1.807, 2.05) is 30.3 Å². The predicted molar refractivity (Wildman–Crippen MR) is 92.4 cm³/mol. The highest BCUT2D eigenvalue weighted by molar-refractivity contribution is 5.94. The minimum Gasteiger partial charge on any atom is -0.298 e. The van der Waals surface area contributed by atoms with Crippen molar-refractivity contribution in [2.24, 2.45) is 0 Å². The largest absolute Gasteiger partial charge is 0.298 e. The van der Waals surface area contributed by atoms with Crippen LogP contribution in [0.25, 0.3) is 0 Å². The van der Waals surface area contributed by atoms with E-state index < -0.39 is 0 Å². The van der Waals surface area contributed by atoms with Crippen molar-refractivity contribution in [2.75, 3.05) is 0 Å². The summed E-state index contributed by atoms with van der Waals surface area (Å²) < 4.78 is 0. The molecular weight excluding hydrogens is 284 g/mol. The van der Waals surface area contributed by atoms with Gasteiger partial charge in [0.15, 0.2) is 5.78 Å². The third kappa shape index (κ3) is 2.42. The van der Waals surface area contributed by atoms with E-state index in [4.69, 9.17) is 0 Å². The highest BCUT2D eigenvalue weighted by Crippen LogP contribution is 2.52. The number of carbonyl (C=O) groups is 2. The Morgan fingerprint density at radius 1 is 1.00 bits per heavy atom. The van der Waals surface area contributed by atoms with E-state index in [9.17, 15) is 9.59 Å². The Morgan fingerprint density at radius 3 is 2.22 bits per heavy atom. The zero-order chi connectivity index (χ0) is 16.8. The van der Waals surface area contributed by atoms with Crippen molar-refractivity contribution >= 4 is 12.1 Å². The van der Waals surface area contributed by atoms with E-state index in [0.29, 0.717) is 5.56 Å². The van der Waals surface area contributed by atoms with E-state index in [-0.39, 0.29) is 16.6 Å². The van der Waals surface area contributed by atoms with Crippen LogP contribution in [0, 0.1) is 0 Å². The Bertz CT molecular complexity index is 784. The van der Waals surface area contributed by atoms with Crippen LogP contribution in [0.5, 0.6) is 0 Å². The fourth-order valence-electron chi connectivity index (χ4n) is 4.07. The summed E-state index contributed by atoms with van der Waals surface area (Å²) in [6.07, 6.45) is 1.85. The molecule has 118 valence electrons. The summed E-state index contributed by atoms with van der Waals surface area (Å²) in [5, 5.41) is 0. The molecule has 0 spiro atoms. The summed E-state index contributed by atoms with van der Waals surface area (Å²) in [4.78, 5) is 22.7. The van der Waals surface area contributed by atoms with Gasteiger partial charge in [0.25, 0.3) is 0 Å². The van der Waals surface area contributed by atoms with Gasteiger partial charge >= 0.3 is 0 Å². The molecule has 0 aliphatic heterocycles. The third-order valence-electron chi connectivity index (χ3n) is 5.23. The number of fused-ring (bicyclic) bond motifs is 1. The van der Waals surface area contributed by atoms with E-state index in [0.717, 1.165) is 18.3 Å². The minimum atomic E-state index is -0.147. The van der Waals surface area contributed by atoms with Crippen molar-refractivity contribution in [1.29, 1.82) is 0 Å². The molecule has 0 N–H and O–H groups in total. The number of ketones is 1. The smallest absolute Gasteiger partial charge is 0.159 e. The first-order valence-corrected chi connectivity index (χ1v) is 8.00. The second kappa shape index (κ2) is 5.16. The van der Waals surface area contributed by atoms with Crippen LogP contribution in [0.1, 0.15) is 71.5 Å². The van der Waals surface area contributed by atoms with E-state index in [2.05, 4.69) is 32.9 Å². The Balaban J connectivity index is 2.19. The Labute approximate surface area is 137 Å². The molecule has 2 aromatic carbocycles. The minimum absolute atomic E-state index is 0.0583. The quantitative estimate of drug-likeness (QED) is 0.609. The molecule has 0 amide bonds. The van der Waals surface area contributed by atoms with Gasteiger partial charge in [-0.15, -0.1) is 0 Å². The maximum Gasteiger partial charge on any atom is 0.159 e. The number of aldehydes is 1. The van der Waals surface area contributed by atoms with Crippen molar-refractivity contribution in [2.45, 2.75) is 44.9 Å². The molecule has 0 saturated carbocycles. The summed E-state index contributed by atoms with van der Waals surface area (Å²) in [6.45, 7) is 8.35. The van der Waals surface area contributed by atoms with Crippen molar-refractivity contribution in [1.82, 2.24) is 0 Å². The molecule has 1 aliphatic carbocycles. The summed E-state index contributed by atoms with van der Waals surface area (Å²) in [5.74, 6) is 0.0937. The average Bonchev–Trinajstić information content (AvgIpc) is 2.74. The molecule has 0 fully saturated rings. The molecule has 0 heterocycles. The number of carbonyl (C=O) groups excluding carboxylic acids is 2. The van der Waals surface area contributed by atoms with E-state index in [1.165, 1.54) is 16.7 Å². The molecular formula is C21H22O2. The molecule has 2 nitrogen and oxygen atoms in total. The van der Waals surface area contributed by atoms with Crippen LogP contribution in [0.2, 0.25) is 0 Å². The maximum atomic E-state index is 11.8. The molecule has 3 rings (SSSR count). The Hall–Kier alpha value is -2.22. The van der Waals surface area contributed by atoms with Crippen LogP contribution in [0.3, 0.4) is 0 Å². The van der Waals surface area contributed by atoms with Gasteiger partial charge in [-0.25, -0.2) is 0 Å². The molecule has 1 unspecified atom stereocenters. The zero-order valence-corrected chi connectivity index (χ0v) is 14.1. The van der Waals surface area contributed by atoms with Crippen LogP contribution in [-0.4, -0.2) is 12.1 Å². The molecule has 0 bridgehead atoms. The SMILES string of the molecule is CC(=O)c1ccc2c(c1)C(C)(c1ccc(C=O)cc1)CC2(C)C. The fraction of sp³-hybridized carbons (Fsp3) is 0.333. The highest BCUT2D eigenvalue weighted by atomic mass is 16.1. The van der Waals surface area contributed by atoms with Gasteiger partial charge in [0.1, 0.15) is 6.29 Å². The first kappa shape index (κ1) is 15.7. The van der Waals surface area contributed by atoms with Gasteiger partial charge in [0.05, 0.1) is 0 Å². The lowest BCUT2D eigenvalue weighted by Crippen LogP contribution is -2.23. The lowest BCUT2D eigenvalue weighted by Gasteiger charge is -2.28. The fourth-order valence-corrected chi connectivity index (χ4v) is 4.07. The van der Waals surface area contributed by atoms with Gasteiger partial charge in [0, 0.05) is 16.5 Å². The predicted octanol–water partition coefficient (Wildman–Crippen LogP) is 4.69. The summed E-state index contributed by atoms with van der Waals surface area (Å²) >= 11 is 0. The van der Waals surface area contributed by atoms with Crippen LogP contribution in [-0.2, 0) is 10.8 Å². The van der Waals surface area contributed by atoms with Crippen molar-refractivity contribution in [3.8, 4) is 0 Å². The molecule has 2 aromatic rings. The number of Topliss-reactive ketones (excluding diaryl/α,β-unsaturated/α-hetero) is 1. The molecule has 23 heavy (non-hydrogen) atoms. The molecule has 1 atom stereocenters. The average molecular weight is 306 g/mol. The summed E-state index contributed by atoms with van der Waals surface area (Å²) in [7, 11) is 0. The normalized spacial score (nSPS) is 21.7. The molecule has 1 aliphatic rings. The van der Waals surface area contributed by atoms with Gasteiger partial charge in [-0.1, -0.05) is 57.2 Å². The molecule has 0 radical (unpaired) electrons. The molecule has 0 saturated heterocycles. The number of rotatable bonds is 3. The Morgan fingerprint density at radius 2 is 1.65 bits per heavy atom. The van der Waals surface area contributed by atoms with Crippen LogP contribution < -0.4 is 0 Å². The standard InChI is InChI=1S/C21H22O2/c1-14(23)16-7-10-18-19(11-16)21(4,13-20(18,2)3)17-8-5-15(12-22)6-9-17/h5-12H,13H2,1-4H3. The van der Waals surface area contributed by atoms with Gasteiger partial charge in [-0.05, 0) is 41.5 Å². The van der Waals surface area contributed by atoms with Crippen LogP contribution in [0.15, 0.2) is 42.5 Å². The van der Waals surface area contributed by atoms with Gasteiger partial charge in [0.2, 0.25) is 0 Å². The summed E-state index contributed by atoms with van der Waals surface area (Å²) in [5.41, 5.74) is 5.09. The van der Waals surface area contributed by atoms with Gasteiger partial charge in [-0.2, -0.15) is 0 Å². The van der Waals surface area contributed by atoms with Gasteiger partial charge < -0.3 is 0 Å². The van der Waals surface area contributed by atoms with Crippen molar-refractivity contribution < 1.29 is 9.59 Å². The van der Waals surface area contributed by atoms with Crippen LogP contribution >= 0.6 is 0 Å². The monoisotopic (exact) mass is 306 g/mol. The first-order chi connectivity index (χ1) is 10.8. The van der Waals surface area contributed by atoms with Crippen LogP contribution in [0.4, 0.5) is 0 Å². The third-order valence-corrected chi connectivity index (χ3v) is 5.23. The zero-order valence-electron chi connectivity index (χ0n) is 14.1. The first-order valence-electron chi connectivity index (χ1n) is 8.00. The number of benzene rings is 2. The second-order valence-corrected chi connectivity index (χ2v) is 7.45. The number of hydrogen-bond acceptors (Lipinski definition) is 2.